The van der Waals surface area contributed by atoms with Gasteiger partial charge in [-0.25, -0.2) is 0 Å². The highest BCUT2D eigenvalue weighted by atomic mass is 79.9. The molecule has 5 rings (SSSR count). The number of halogens is 1. The van der Waals surface area contributed by atoms with E-state index in [1.54, 1.807) is 17.1 Å². The maximum absolute atomic E-state index is 14.7. The number of allylic oxidation sites excluding steroid dienone is 1. The molecule has 3 heterocycles. The molecular formula is C38H47BrN4O7. The lowest BCUT2D eigenvalue weighted by molar-refractivity contribution is -0.146. The second kappa shape index (κ2) is 16.3. The van der Waals surface area contributed by atoms with Crippen molar-refractivity contribution in [2.45, 2.75) is 61.7 Å². The number of amides is 3. The smallest absolute Gasteiger partial charge is 0.306 e. The van der Waals surface area contributed by atoms with Crippen LogP contribution in [0.25, 0.3) is 0 Å². The Bertz CT molecular complexity index is 1550. The van der Waals surface area contributed by atoms with Gasteiger partial charge in [0.05, 0.1) is 30.6 Å². The Morgan fingerprint density at radius 1 is 1.10 bits per heavy atom. The van der Waals surface area contributed by atoms with Gasteiger partial charge in [-0.15, -0.1) is 13.2 Å². The van der Waals surface area contributed by atoms with Crippen molar-refractivity contribution >= 4 is 51.0 Å². The largest absolute Gasteiger partial charge is 0.463 e. The Hall–Kier alpha value is -4.00. The normalized spacial score (nSPS) is 25.5. The topological polar surface area (TPSA) is 129 Å². The quantitative estimate of drug-likeness (QED) is 0.140. The van der Waals surface area contributed by atoms with Gasteiger partial charge in [-0.3, -0.25) is 19.2 Å². The second-order valence-electron chi connectivity index (χ2n) is 12.8. The molecule has 2 aromatic rings. The van der Waals surface area contributed by atoms with Crippen molar-refractivity contribution in [2.75, 3.05) is 49.2 Å². The number of β-amino-alcohol motifs (C(OH)–C–C–N with tert-alkyl or cyclic N) is 1. The molecule has 0 aliphatic carbocycles. The lowest BCUT2D eigenvalue weighted by Crippen LogP contribution is -2.57. The van der Waals surface area contributed by atoms with Crippen LogP contribution in [-0.2, 0) is 28.7 Å². The van der Waals surface area contributed by atoms with Gasteiger partial charge in [-0.05, 0) is 56.5 Å². The monoisotopic (exact) mass is 750 g/mol. The molecule has 3 aliphatic heterocycles. The summed E-state index contributed by atoms with van der Waals surface area (Å²) in [4.78, 5) is 60.6. The van der Waals surface area contributed by atoms with Gasteiger partial charge < -0.3 is 34.6 Å². The van der Waals surface area contributed by atoms with Crippen molar-refractivity contribution < 1.29 is 33.8 Å². The summed E-state index contributed by atoms with van der Waals surface area (Å²) in [6.45, 7) is 13.0. The minimum Gasteiger partial charge on any atom is -0.463 e. The van der Waals surface area contributed by atoms with E-state index >= 15 is 0 Å². The number of carbonyl (C=O) groups excluding carboxylic acids is 4. The predicted molar refractivity (Wildman–Crippen MR) is 195 cm³/mol. The molecule has 50 heavy (non-hydrogen) atoms. The zero-order valence-electron chi connectivity index (χ0n) is 28.7. The summed E-state index contributed by atoms with van der Waals surface area (Å²) in [5.74, 6) is -3.56. The van der Waals surface area contributed by atoms with Crippen LogP contribution < -0.4 is 15.1 Å². The van der Waals surface area contributed by atoms with Crippen LogP contribution in [0.4, 0.5) is 11.4 Å². The number of benzene rings is 2. The summed E-state index contributed by atoms with van der Waals surface area (Å²) in [6, 6.07) is 15.1. The maximum Gasteiger partial charge on any atom is 0.306 e. The number of hydrogen-bond donors (Lipinski definition) is 2. The molecule has 3 saturated heterocycles. The van der Waals surface area contributed by atoms with Gasteiger partial charge in [0.1, 0.15) is 18.2 Å². The van der Waals surface area contributed by atoms with Crippen LogP contribution in [-0.4, -0.2) is 95.7 Å². The summed E-state index contributed by atoms with van der Waals surface area (Å²) >= 11 is 3.72. The van der Waals surface area contributed by atoms with Crippen molar-refractivity contribution in [1.29, 1.82) is 0 Å². The molecule has 0 saturated carbocycles. The van der Waals surface area contributed by atoms with E-state index in [9.17, 15) is 24.3 Å². The van der Waals surface area contributed by atoms with Crippen LogP contribution in [0, 0.1) is 11.8 Å². The second-order valence-corrected chi connectivity index (χ2v) is 14.0. The average Bonchev–Trinajstić information content (AvgIpc) is 3.72. The number of fused-ring (bicyclic) bond motifs is 1. The van der Waals surface area contributed by atoms with Crippen LogP contribution >= 0.6 is 15.9 Å². The van der Waals surface area contributed by atoms with E-state index in [4.69, 9.17) is 9.47 Å². The van der Waals surface area contributed by atoms with Crippen molar-refractivity contribution in [3.05, 3.63) is 85.5 Å². The van der Waals surface area contributed by atoms with Gasteiger partial charge >= 0.3 is 5.97 Å². The molecule has 3 amide bonds. The van der Waals surface area contributed by atoms with E-state index in [2.05, 4.69) is 53.2 Å². The Labute approximate surface area is 302 Å². The fraction of sp³-hybridized carbons (Fsp3) is 0.474. The first-order chi connectivity index (χ1) is 24.1. The first-order valence-corrected chi connectivity index (χ1v) is 18.2. The third-order valence-corrected chi connectivity index (χ3v) is 10.9. The van der Waals surface area contributed by atoms with E-state index in [1.165, 1.54) is 4.90 Å². The van der Waals surface area contributed by atoms with E-state index in [1.807, 2.05) is 54.6 Å². The number of alkyl halides is 1. The fourth-order valence-electron chi connectivity index (χ4n) is 7.73. The number of anilines is 2. The molecule has 2 N–H and O–H groups in total. The molecule has 3 fully saturated rings. The number of ether oxygens (including phenoxy) is 2. The van der Waals surface area contributed by atoms with E-state index in [0.717, 1.165) is 24.3 Å². The van der Waals surface area contributed by atoms with Gasteiger partial charge in [0.2, 0.25) is 11.8 Å². The molecule has 11 nitrogen and oxygen atoms in total. The third kappa shape index (κ3) is 7.11. The maximum atomic E-state index is 14.7. The third-order valence-electron chi connectivity index (χ3n) is 10.0. The summed E-state index contributed by atoms with van der Waals surface area (Å²) in [6.07, 6.45) is 3.53. The number of aliphatic hydroxyl groups is 1. The first kappa shape index (κ1) is 37.3. The number of likely N-dealkylation sites (tertiary alicyclic amines) is 1. The molecule has 1 unspecified atom stereocenters. The average molecular weight is 752 g/mol. The molecule has 0 aromatic heterocycles. The number of carbonyl (C=O) groups is 4. The molecule has 2 bridgehead atoms. The van der Waals surface area contributed by atoms with Crippen molar-refractivity contribution in [2.24, 2.45) is 11.8 Å². The van der Waals surface area contributed by atoms with E-state index in [0.29, 0.717) is 18.5 Å². The highest BCUT2D eigenvalue weighted by Crippen LogP contribution is 2.60. The highest BCUT2D eigenvalue weighted by molar-refractivity contribution is 9.09. The lowest BCUT2D eigenvalue weighted by Gasteiger charge is -2.37. The van der Waals surface area contributed by atoms with Gasteiger partial charge in [0.25, 0.3) is 5.91 Å². The molecule has 12 heteroatoms. The van der Waals surface area contributed by atoms with Gasteiger partial charge in [-0.2, -0.15) is 0 Å². The first-order valence-electron chi connectivity index (χ1n) is 17.3. The van der Waals surface area contributed by atoms with E-state index < -0.39 is 53.4 Å². The number of esters is 1. The molecule has 1 spiro atoms. The van der Waals surface area contributed by atoms with Crippen molar-refractivity contribution in [3.8, 4) is 0 Å². The fourth-order valence-corrected chi connectivity index (χ4v) is 8.67. The Morgan fingerprint density at radius 2 is 1.78 bits per heavy atom. The Morgan fingerprint density at radius 3 is 2.40 bits per heavy atom. The Kier molecular flexibility index (Phi) is 12.2. The van der Waals surface area contributed by atoms with Crippen molar-refractivity contribution in [1.82, 2.24) is 10.2 Å². The summed E-state index contributed by atoms with van der Waals surface area (Å²) in [7, 11) is 0. The molecule has 7 atom stereocenters. The number of rotatable bonds is 17. The zero-order chi connectivity index (χ0) is 36.0. The zero-order valence-corrected chi connectivity index (χ0v) is 30.3. The molecule has 2 aromatic carbocycles. The summed E-state index contributed by atoms with van der Waals surface area (Å²) < 4.78 is 12.2. The van der Waals surface area contributed by atoms with Crippen LogP contribution in [0.3, 0.4) is 0 Å². The highest BCUT2D eigenvalue weighted by Gasteiger charge is 2.76. The van der Waals surface area contributed by atoms with Gasteiger partial charge in [-0.1, -0.05) is 58.4 Å². The van der Waals surface area contributed by atoms with Crippen LogP contribution in [0.2, 0.25) is 0 Å². The molecule has 3 aliphatic rings. The minimum absolute atomic E-state index is 0.0983. The number of aliphatic hydroxyl groups excluding tert-OH is 1. The van der Waals surface area contributed by atoms with Crippen LogP contribution in [0.1, 0.15) is 44.7 Å². The summed E-state index contributed by atoms with van der Waals surface area (Å²) in [5, 5.41) is 13.1. The van der Waals surface area contributed by atoms with Gasteiger partial charge in [0.15, 0.2) is 0 Å². The van der Waals surface area contributed by atoms with Crippen molar-refractivity contribution in [3.63, 3.8) is 0 Å². The summed E-state index contributed by atoms with van der Waals surface area (Å²) in [5.41, 5.74) is 1.07. The van der Waals surface area contributed by atoms with Crippen LogP contribution in [0.15, 0.2) is 79.9 Å². The minimum atomic E-state index is -1.32. The molecule has 268 valence electrons. The molecule has 0 radical (unpaired) electrons. The molecular weight excluding hydrogens is 704 g/mol. The number of hydrogen-bond acceptors (Lipinski definition) is 8. The standard InChI is InChI=1S/C38H47BrN4O7/c1-5-9-15-30(45)49-24-29(25-13-11-10-12-14-25)40-35(46)31-32-36(47)43(21-22-44)34(38(32)23-28(39)33(31)50-38)37(48)42(20-6-2)27-18-16-26(17-19-27)41(7-3)8-4/h5-6,10-14,16-19,28-29,31-34,44H,1-2,7-9,15,20-24H2,3-4H3,(H,40,46)/t28?,29-,31-,32+,33-,34-,38+/m0/s1. The Balaban J connectivity index is 1.45. The predicted octanol–water partition coefficient (Wildman–Crippen LogP) is 4.16. The number of nitrogens with one attached hydrogen (secondary N) is 1. The van der Waals surface area contributed by atoms with Crippen LogP contribution in [0.5, 0.6) is 0 Å². The lowest BCUT2D eigenvalue weighted by atomic mass is 9.70. The van der Waals surface area contributed by atoms with E-state index in [-0.39, 0.29) is 43.5 Å². The number of nitrogens with zero attached hydrogens (tertiary/aromatic N) is 3. The SMILES string of the molecule is C=CCCC(=O)OC[C@H](NC(=O)[C@@H]1[C@H]2O[C@@]3(CC2Br)[C@H](C(=O)N(CC=C)c2ccc(N(CC)CC)cc2)N(CCO)C(=O)[C@@H]13)c1ccccc1. The van der Waals surface area contributed by atoms with Gasteiger partial charge in [0, 0.05) is 48.8 Å².